The first kappa shape index (κ1) is 10.2. The van der Waals surface area contributed by atoms with Gasteiger partial charge in [-0.2, -0.15) is 0 Å². The summed E-state index contributed by atoms with van der Waals surface area (Å²) in [6, 6.07) is 12.9. The molecule has 1 aliphatic rings. The molecular formula is C15H16N2. The standard InChI is InChI=1S/C15H16N2/c1-10-6-7-13-12(8-10)9-16-14-5-3-4-11(2)15(14)17-13/h3-8,16-17H,9H2,1-2H3. The lowest BCUT2D eigenvalue weighted by Crippen LogP contribution is -1.97. The maximum atomic E-state index is 3.54. The Hall–Kier alpha value is -1.96. The van der Waals surface area contributed by atoms with Crippen molar-refractivity contribution in [1.29, 1.82) is 0 Å². The molecule has 0 amide bonds. The van der Waals surface area contributed by atoms with Crippen LogP contribution in [0.2, 0.25) is 0 Å². The van der Waals surface area contributed by atoms with E-state index in [0.29, 0.717) is 0 Å². The molecule has 0 spiro atoms. The van der Waals surface area contributed by atoms with E-state index in [-0.39, 0.29) is 0 Å². The number of benzene rings is 2. The average molecular weight is 224 g/mol. The molecule has 86 valence electrons. The highest BCUT2D eigenvalue weighted by Gasteiger charge is 2.13. The molecule has 1 heterocycles. The van der Waals surface area contributed by atoms with Gasteiger partial charge in [0.15, 0.2) is 0 Å². The summed E-state index contributed by atoms with van der Waals surface area (Å²) in [4.78, 5) is 0. The molecule has 0 aromatic heterocycles. The van der Waals surface area contributed by atoms with Gasteiger partial charge in [0.2, 0.25) is 0 Å². The Morgan fingerprint density at radius 1 is 1.00 bits per heavy atom. The van der Waals surface area contributed by atoms with E-state index in [9.17, 15) is 0 Å². The fourth-order valence-electron chi connectivity index (χ4n) is 2.30. The Morgan fingerprint density at radius 2 is 1.88 bits per heavy atom. The molecule has 0 unspecified atom stereocenters. The number of hydrogen-bond acceptors (Lipinski definition) is 2. The second-order valence-corrected chi connectivity index (χ2v) is 4.64. The molecule has 2 N–H and O–H groups in total. The molecule has 0 atom stereocenters. The van der Waals surface area contributed by atoms with Gasteiger partial charge in [-0.25, -0.2) is 0 Å². The Kier molecular flexibility index (Phi) is 2.29. The Morgan fingerprint density at radius 3 is 2.76 bits per heavy atom. The summed E-state index contributed by atoms with van der Waals surface area (Å²) in [5, 5.41) is 7.02. The Labute approximate surface area is 102 Å². The highest BCUT2D eigenvalue weighted by atomic mass is 15.0. The molecule has 0 fully saturated rings. The topological polar surface area (TPSA) is 24.1 Å². The van der Waals surface area contributed by atoms with Crippen LogP contribution >= 0.6 is 0 Å². The van der Waals surface area contributed by atoms with Crippen molar-refractivity contribution in [3.63, 3.8) is 0 Å². The molecule has 2 heteroatoms. The van der Waals surface area contributed by atoms with Crippen LogP contribution in [0.3, 0.4) is 0 Å². The molecule has 2 aromatic carbocycles. The van der Waals surface area contributed by atoms with Gasteiger partial charge in [0.05, 0.1) is 11.4 Å². The predicted octanol–water partition coefficient (Wildman–Crippen LogP) is 3.97. The van der Waals surface area contributed by atoms with E-state index in [0.717, 1.165) is 6.54 Å². The minimum absolute atomic E-state index is 0.875. The predicted molar refractivity (Wildman–Crippen MR) is 73.0 cm³/mol. The quantitative estimate of drug-likeness (QED) is 0.707. The molecule has 17 heavy (non-hydrogen) atoms. The lowest BCUT2D eigenvalue weighted by atomic mass is 10.1. The lowest BCUT2D eigenvalue weighted by molar-refractivity contribution is 1.16. The van der Waals surface area contributed by atoms with Crippen molar-refractivity contribution < 1.29 is 0 Å². The minimum atomic E-state index is 0.875. The number of aryl methyl sites for hydroxylation is 2. The molecule has 1 aliphatic heterocycles. The van der Waals surface area contributed by atoms with Crippen molar-refractivity contribution in [1.82, 2.24) is 0 Å². The Balaban J connectivity index is 2.12. The van der Waals surface area contributed by atoms with Crippen molar-refractivity contribution in [2.24, 2.45) is 0 Å². The molecule has 3 rings (SSSR count). The third-order valence-corrected chi connectivity index (χ3v) is 3.26. The van der Waals surface area contributed by atoms with Crippen LogP contribution in [0.4, 0.5) is 17.1 Å². The van der Waals surface area contributed by atoms with Crippen LogP contribution in [-0.4, -0.2) is 0 Å². The van der Waals surface area contributed by atoms with Gasteiger partial charge in [-0.05, 0) is 37.1 Å². The molecule has 2 nitrogen and oxygen atoms in total. The molecule has 0 bridgehead atoms. The molecular weight excluding hydrogens is 208 g/mol. The molecule has 0 saturated heterocycles. The normalized spacial score (nSPS) is 12.8. The zero-order chi connectivity index (χ0) is 11.8. The first-order valence-electron chi connectivity index (χ1n) is 5.94. The van der Waals surface area contributed by atoms with Gasteiger partial charge in [0.1, 0.15) is 0 Å². The van der Waals surface area contributed by atoms with Gasteiger partial charge in [-0.3, -0.25) is 0 Å². The maximum absolute atomic E-state index is 3.54. The summed E-state index contributed by atoms with van der Waals surface area (Å²) >= 11 is 0. The number of para-hydroxylation sites is 1. The van der Waals surface area contributed by atoms with Gasteiger partial charge in [0.25, 0.3) is 0 Å². The number of hydrogen-bond donors (Lipinski definition) is 2. The van der Waals surface area contributed by atoms with Crippen molar-refractivity contribution in [3.05, 3.63) is 53.1 Å². The monoisotopic (exact) mass is 224 g/mol. The summed E-state index contributed by atoms with van der Waals surface area (Å²) < 4.78 is 0. The first-order chi connectivity index (χ1) is 8.24. The maximum Gasteiger partial charge on any atom is 0.0649 e. The highest BCUT2D eigenvalue weighted by Crippen LogP contribution is 2.34. The van der Waals surface area contributed by atoms with Crippen LogP contribution in [0.5, 0.6) is 0 Å². The fraction of sp³-hybridized carbons (Fsp3) is 0.200. The van der Waals surface area contributed by atoms with E-state index < -0.39 is 0 Å². The van der Waals surface area contributed by atoms with Crippen molar-refractivity contribution in [2.45, 2.75) is 20.4 Å². The second kappa shape index (κ2) is 3.81. The van der Waals surface area contributed by atoms with E-state index in [4.69, 9.17) is 0 Å². The number of anilines is 3. The van der Waals surface area contributed by atoms with Gasteiger partial charge in [0, 0.05) is 12.2 Å². The minimum Gasteiger partial charge on any atom is -0.379 e. The highest BCUT2D eigenvalue weighted by molar-refractivity contribution is 5.80. The van der Waals surface area contributed by atoms with E-state index >= 15 is 0 Å². The molecule has 0 aliphatic carbocycles. The first-order valence-corrected chi connectivity index (χ1v) is 5.94. The van der Waals surface area contributed by atoms with Crippen LogP contribution in [-0.2, 0) is 6.54 Å². The van der Waals surface area contributed by atoms with Crippen molar-refractivity contribution in [2.75, 3.05) is 10.6 Å². The summed E-state index contributed by atoms with van der Waals surface area (Å²) in [5.41, 5.74) is 7.46. The second-order valence-electron chi connectivity index (χ2n) is 4.64. The third-order valence-electron chi connectivity index (χ3n) is 3.26. The van der Waals surface area contributed by atoms with Gasteiger partial charge in [-0.1, -0.05) is 29.8 Å². The molecule has 2 aromatic rings. The van der Waals surface area contributed by atoms with Gasteiger partial charge >= 0.3 is 0 Å². The van der Waals surface area contributed by atoms with Crippen LogP contribution in [0.1, 0.15) is 16.7 Å². The van der Waals surface area contributed by atoms with Crippen LogP contribution in [0.25, 0.3) is 0 Å². The van der Waals surface area contributed by atoms with Crippen molar-refractivity contribution >= 4 is 17.1 Å². The SMILES string of the molecule is Cc1ccc2c(c1)CNc1cccc(C)c1N2. The number of fused-ring (bicyclic) bond motifs is 2. The largest absolute Gasteiger partial charge is 0.379 e. The summed E-state index contributed by atoms with van der Waals surface area (Å²) in [7, 11) is 0. The van der Waals surface area contributed by atoms with Gasteiger partial charge in [-0.15, -0.1) is 0 Å². The summed E-state index contributed by atoms with van der Waals surface area (Å²) in [5.74, 6) is 0. The lowest BCUT2D eigenvalue weighted by Gasteiger charge is -2.12. The number of nitrogens with one attached hydrogen (secondary N) is 2. The van der Waals surface area contributed by atoms with Crippen LogP contribution in [0.15, 0.2) is 36.4 Å². The van der Waals surface area contributed by atoms with Gasteiger partial charge < -0.3 is 10.6 Å². The summed E-state index contributed by atoms with van der Waals surface area (Å²) in [6.07, 6.45) is 0. The van der Waals surface area contributed by atoms with E-state index in [2.05, 4.69) is 60.9 Å². The zero-order valence-electron chi connectivity index (χ0n) is 10.2. The number of rotatable bonds is 0. The third kappa shape index (κ3) is 1.76. The smallest absolute Gasteiger partial charge is 0.0649 e. The van der Waals surface area contributed by atoms with Crippen molar-refractivity contribution in [3.8, 4) is 0 Å². The zero-order valence-corrected chi connectivity index (χ0v) is 10.2. The summed E-state index contributed by atoms with van der Waals surface area (Å²) in [6.45, 7) is 5.14. The van der Waals surface area contributed by atoms with E-state index in [1.54, 1.807) is 0 Å². The molecule has 0 saturated carbocycles. The molecule has 0 radical (unpaired) electrons. The van der Waals surface area contributed by atoms with Crippen LogP contribution in [0, 0.1) is 13.8 Å². The fourth-order valence-corrected chi connectivity index (χ4v) is 2.30. The van der Waals surface area contributed by atoms with E-state index in [1.165, 1.54) is 33.8 Å². The average Bonchev–Trinajstić information content (AvgIpc) is 2.49. The van der Waals surface area contributed by atoms with Crippen LogP contribution < -0.4 is 10.6 Å². The Bertz CT molecular complexity index is 573. The van der Waals surface area contributed by atoms with E-state index in [1.807, 2.05) is 0 Å².